The van der Waals surface area contributed by atoms with E-state index in [2.05, 4.69) is 37.9 Å². The molecule has 0 aliphatic carbocycles. The molecule has 1 aliphatic rings. The predicted molar refractivity (Wildman–Crippen MR) is 129 cm³/mol. The summed E-state index contributed by atoms with van der Waals surface area (Å²) in [5, 5.41) is 0.811. The van der Waals surface area contributed by atoms with Crippen LogP contribution < -0.4 is 5.43 Å². The molecule has 5 rings (SSSR count). The maximum absolute atomic E-state index is 13.6. The van der Waals surface area contributed by atoms with Crippen molar-refractivity contribution < 1.29 is 9.21 Å². The van der Waals surface area contributed by atoms with Gasteiger partial charge < -0.3 is 9.32 Å². The van der Waals surface area contributed by atoms with Crippen LogP contribution in [0.25, 0.3) is 11.0 Å². The SMILES string of the molecule is CC(C)(C)c1ccc(C2c3c(oc4ccc(Cl)cc4c3=O)C(=O)N2Cc2cccnc2)cc1. The predicted octanol–water partition coefficient (Wildman–Crippen LogP) is 5.88. The Hall–Kier alpha value is -3.44. The van der Waals surface area contributed by atoms with Crippen LogP contribution in [0.15, 0.2) is 76.2 Å². The molecular formula is C27H23ClN2O3. The number of hydrogen-bond donors (Lipinski definition) is 0. The molecule has 0 fully saturated rings. The van der Waals surface area contributed by atoms with E-state index in [1.807, 2.05) is 24.3 Å². The zero-order valence-corrected chi connectivity index (χ0v) is 19.4. The van der Waals surface area contributed by atoms with Gasteiger partial charge in [0.25, 0.3) is 5.91 Å². The fraction of sp³-hybridized carbons (Fsp3) is 0.222. The van der Waals surface area contributed by atoms with Gasteiger partial charge in [-0.15, -0.1) is 0 Å². The minimum absolute atomic E-state index is 0.0106. The quantitative estimate of drug-likeness (QED) is 0.384. The van der Waals surface area contributed by atoms with Crippen molar-refractivity contribution in [1.82, 2.24) is 9.88 Å². The summed E-state index contributed by atoms with van der Waals surface area (Å²) in [6, 6.07) is 16.1. The molecule has 0 N–H and O–H groups in total. The molecule has 2 aromatic heterocycles. The van der Waals surface area contributed by atoms with Crippen LogP contribution in [0.2, 0.25) is 5.02 Å². The highest BCUT2D eigenvalue weighted by Gasteiger charge is 2.42. The molecule has 0 radical (unpaired) electrons. The van der Waals surface area contributed by atoms with Gasteiger partial charge in [-0.2, -0.15) is 0 Å². The minimum Gasteiger partial charge on any atom is -0.450 e. The van der Waals surface area contributed by atoms with Crippen LogP contribution >= 0.6 is 11.6 Å². The van der Waals surface area contributed by atoms with Crippen LogP contribution in [-0.4, -0.2) is 15.8 Å². The lowest BCUT2D eigenvalue weighted by Crippen LogP contribution is -2.29. The van der Waals surface area contributed by atoms with E-state index in [0.717, 1.165) is 11.1 Å². The van der Waals surface area contributed by atoms with Crippen molar-refractivity contribution in [3.63, 3.8) is 0 Å². The number of halogens is 1. The lowest BCUT2D eigenvalue weighted by Gasteiger charge is -2.26. The van der Waals surface area contributed by atoms with E-state index in [1.165, 1.54) is 5.56 Å². The number of aromatic nitrogens is 1. The summed E-state index contributed by atoms with van der Waals surface area (Å²) in [6.45, 7) is 6.75. The molecule has 2 aromatic carbocycles. The lowest BCUT2D eigenvalue weighted by molar-refractivity contribution is 0.0714. The summed E-state index contributed by atoms with van der Waals surface area (Å²) in [5.41, 5.74) is 3.35. The second kappa shape index (κ2) is 7.85. The van der Waals surface area contributed by atoms with E-state index in [-0.39, 0.29) is 22.5 Å². The highest BCUT2D eigenvalue weighted by Crippen LogP contribution is 2.39. The first-order valence-electron chi connectivity index (χ1n) is 10.8. The number of amides is 1. The van der Waals surface area contributed by atoms with Crippen molar-refractivity contribution in [3.8, 4) is 0 Å². The Morgan fingerprint density at radius 1 is 1.06 bits per heavy atom. The Morgan fingerprint density at radius 3 is 2.48 bits per heavy atom. The molecule has 5 nitrogen and oxygen atoms in total. The molecule has 1 amide bonds. The third-order valence-corrected chi connectivity index (χ3v) is 6.33. The second-order valence-electron chi connectivity index (χ2n) is 9.38. The Balaban J connectivity index is 1.71. The zero-order valence-electron chi connectivity index (χ0n) is 18.6. The third-order valence-electron chi connectivity index (χ3n) is 6.10. The molecule has 3 heterocycles. The summed E-state index contributed by atoms with van der Waals surface area (Å²) >= 11 is 6.15. The van der Waals surface area contributed by atoms with Gasteiger partial charge in [-0.1, -0.05) is 62.7 Å². The molecule has 1 unspecified atom stereocenters. The molecule has 0 spiro atoms. The topological polar surface area (TPSA) is 63.4 Å². The Kier molecular flexibility index (Phi) is 5.09. The second-order valence-corrected chi connectivity index (χ2v) is 9.82. The molecule has 0 saturated heterocycles. The van der Waals surface area contributed by atoms with Gasteiger partial charge in [0, 0.05) is 24.0 Å². The molecule has 33 heavy (non-hydrogen) atoms. The molecule has 0 bridgehead atoms. The molecule has 0 saturated carbocycles. The van der Waals surface area contributed by atoms with Crippen molar-refractivity contribution in [2.45, 2.75) is 38.8 Å². The first kappa shape index (κ1) is 21.4. The number of pyridine rings is 1. The van der Waals surface area contributed by atoms with Crippen LogP contribution in [0, 0.1) is 0 Å². The molecular weight excluding hydrogens is 436 g/mol. The third kappa shape index (κ3) is 3.72. The fourth-order valence-corrected chi connectivity index (χ4v) is 4.53. The Labute approximate surface area is 196 Å². The number of carbonyl (C=O) groups excluding carboxylic acids is 1. The first-order chi connectivity index (χ1) is 15.7. The normalized spacial score (nSPS) is 15.8. The largest absolute Gasteiger partial charge is 0.450 e. The van der Waals surface area contributed by atoms with E-state index in [0.29, 0.717) is 28.1 Å². The van der Waals surface area contributed by atoms with Crippen molar-refractivity contribution >= 4 is 28.5 Å². The highest BCUT2D eigenvalue weighted by atomic mass is 35.5. The van der Waals surface area contributed by atoms with Crippen LogP contribution in [-0.2, 0) is 12.0 Å². The number of hydrogen-bond acceptors (Lipinski definition) is 4. The molecule has 4 aromatic rings. The van der Waals surface area contributed by atoms with Crippen LogP contribution in [0.1, 0.15) is 59.6 Å². The van der Waals surface area contributed by atoms with Gasteiger partial charge in [0.1, 0.15) is 5.58 Å². The van der Waals surface area contributed by atoms with E-state index < -0.39 is 6.04 Å². The highest BCUT2D eigenvalue weighted by molar-refractivity contribution is 6.31. The number of benzene rings is 2. The van der Waals surface area contributed by atoms with Gasteiger partial charge in [-0.05, 0) is 46.4 Å². The summed E-state index contributed by atoms with van der Waals surface area (Å²) in [6.07, 6.45) is 3.41. The van der Waals surface area contributed by atoms with Crippen molar-refractivity contribution in [3.05, 3.63) is 110 Å². The summed E-state index contributed by atoms with van der Waals surface area (Å²) in [7, 11) is 0. The Bertz CT molecular complexity index is 1420. The number of fused-ring (bicyclic) bond motifs is 2. The van der Waals surface area contributed by atoms with E-state index in [9.17, 15) is 9.59 Å². The lowest BCUT2D eigenvalue weighted by atomic mass is 9.86. The van der Waals surface area contributed by atoms with Crippen LogP contribution in [0.5, 0.6) is 0 Å². The maximum Gasteiger partial charge on any atom is 0.291 e. The standard InChI is InChI=1S/C27H23ClN2O3/c1-27(2,3)18-8-6-17(7-9-18)23-22-24(31)20-13-19(28)10-11-21(20)33-25(22)26(32)30(23)15-16-5-4-12-29-14-16/h4-14,23H,15H2,1-3H3. The van der Waals surface area contributed by atoms with Gasteiger partial charge >= 0.3 is 0 Å². The van der Waals surface area contributed by atoms with Gasteiger partial charge in [-0.25, -0.2) is 0 Å². The Morgan fingerprint density at radius 2 is 1.82 bits per heavy atom. The van der Waals surface area contributed by atoms with Crippen molar-refractivity contribution in [1.29, 1.82) is 0 Å². The van der Waals surface area contributed by atoms with Gasteiger partial charge in [0.15, 0.2) is 5.43 Å². The molecule has 1 aliphatic heterocycles. The average Bonchev–Trinajstić information content (AvgIpc) is 3.06. The molecule has 6 heteroatoms. The molecule has 166 valence electrons. The number of carbonyl (C=O) groups is 1. The first-order valence-corrected chi connectivity index (χ1v) is 11.2. The summed E-state index contributed by atoms with van der Waals surface area (Å²) in [4.78, 5) is 33.0. The number of nitrogens with zero attached hydrogens (tertiary/aromatic N) is 2. The summed E-state index contributed by atoms with van der Waals surface area (Å²) in [5.74, 6) is -0.226. The fourth-order valence-electron chi connectivity index (χ4n) is 4.36. The number of rotatable bonds is 3. The summed E-state index contributed by atoms with van der Waals surface area (Å²) < 4.78 is 5.98. The van der Waals surface area contributed by atoms with Crippen molar-refractivity contribution in [2.24, 2.45) is 0 Å². The molecule has 1 atom stereocenters. The van der Waals surface area contributed by atoms with Crippen LogP contribution in [0.3, 0.4) is 0 Å². The van der Waals surface area contributed by atoms with Crippen LogP contribution in [0.4, 0.5) is 0 Å². The monoisotopic (exact) mass is 458 g/mol. The van der Waals surface area contributed by atoms with Gasteiger partial charge in [0.2, 0.25) is 5.76 Å². The average molecular weight is 459 g/mol. The minimum atomic E-state index is -0.568. The van der Waals surface area contributed by atoms with Crippen molar-refractivity contribution in [2.75, 3.05) is 0 Å². The van der Waals surface area contributed by atoms with Gasteiger partial charge in [-0.3, -0.25) is 14.6 Å². The van der Waals surface area contributed by atoms with E-state index >= 15 is 0 Å². The maximum atomic E-state index is 13.6. The van der Waals surface area contributed by atoms with E-state index in [1.54, 1.807) is 35.5 Å². The zero-order chi connectivity index (χ0) is 23.3. The van der Waals surface area contributed by atoms with Gasteiger partial charge in [0.05, 0.1) is 17.0 Å². The smallest absolute Gasteiger partial charge is 0.291 e. The van der Waals surface area contributed by atoms with E-state index in [4.69, 9.17) is 16.0 Å².